The van der Waals surface area contributed by atoms with Gasteiger partial charge in [-0.15, -0.1) is 6.58 Å². The molecule has 5 heteroatoms. The smallest absolute Gasteiger partial charge is 0.224 e. The maximum Gasteiger partial charge on any atom is 0.224 e. The standard InChI is InChI=1S/C17H26N4O/c1-4-8-16(22)21-15-10-7-9-14(12-15)13-20-17(18-6-3)19-11-5-2/h5,7,9-10,12H,2,4,6,8,11,13H2,1,3H3,(H,21,22)(H2,18,19,20). The van der Waals surface area contributed by atoms with Crippen LogP contribution in [0.2, 0.25) is 0 Å². The number of hydrogen-bond acceptors (Lipinski definition) is 2. The molecule has 0 atom stereocenters. The van der Waals surface area contributed by atoms with Crippen LogP contribution in [0.1, 0.15) is 32.3 Å². The summed E-state index contributed by atoms with van der Waals surface area (Å²) in [5, 5.41) is 9.23. The number of carbonyl (C=O) groups is 1. The second-order valence-electron chi connectivity index (χ2n) is 4.86. The van der Waals surface area contributed by atoms with E-state index in [1.165, 1.54) is 0 Å². The van der Waals surface area contributed by atoms with Crippen LogP contribution in [0, 0.1) is 0 Å². The first-order chi connectivity index (χ1) is 10.7. The van der Waals surface area contributed by atoms with Crippen LogP contribution in [0.3, 0.4) is 0 Å². The molecule has 1 amide bonds. The van der Waals surface area contributed by atoms with E-state index >= 15 is 0 Å². The zero-order valence-corrected chi connectivity index (χ0v) is 13.5. The Labute approximate surface area is 132 Å². The Balaban J connectivity index is 2.67. The lowest BCUT2D eigenvalue weighted by molar-refractivity contribution is -0.116. The van der Waals surface area contributed by atoms with Crippen molar-refractivity contribution >= 4 is 17.6 Å². The highest BCUT2D eigenvalue weighted by atomic mass is 16.1. The van der Waals surface area contributed by atoms with Crippen LogP contribution < -0.4 is 16.0 Å². The molecule has 3 N–H and O–H groups in total. The van der Waals surface area contributed by atoms with Crippen molar-refractivity contribution in [3.05, 3.63) is 42.5 Å². The van der Waals surface area contributed by atoms with Gasteiger partial charge in [0.1, 0.15) is 0 Å². The molecule has 0 aliphatic rings. The van der Waals surface area contributed by atoms with Gasteiger partial charge < -0.3 is 16.0 Å². The number of carbonyl (C=O) groups excluding carboxylic acids is 1. The lowest BCUT2D eigenvalue weighted by atomic mass is 10.2. The van der Waals surface area contributed by atoms with Crippen molar-refractivity contribution in [1.29, 1.82) is 0 Å². The SMILES string of the molecule is C=CCNC(=NCc1cccc(NC(=O)CCC)c1)NCC. The molecule has 0 unspecified atom stereocenters. The molecule has 1 aromatic carbocycles. The maximum atomic E-state index is 11.6. The quantitative estimate of drug-likeness (QED) is 0.393. The molecule has 0 saturated carbocycles. The fourth-order valence-corrected chi connectivity index (χ4v) is 1.88. The largest absolute Gasteiger partial charge is 0.357 e. The maximum absolute atomic E-state index is 11.6. The van der Waals surface area contributed by atoms with Gasteiger partial charge in [-0.2, -0.15) is 0 Å². The lowest BCUT2D eigenvalue weighted by Gasteiger charge is -2.10. The van der Waals surface area contributed by atoms with Crippen LogP contribution in [0.4, 0.5) is 5.69 Å². The minimum absolute atomic E-state index is 0.0455. The summed E-state index contributed by atoms with van der Waals surface area (Å²) in [7, 11) is 0. The number of rotatable bonds is 8. The minimum atomic E-state index is 0.0455. The van der Waals surface area contributed by atoms with Gasteiger partial charge in [0.25, 0.3) is 0 Å². The summed E-state index contributed by atoms with van der Waals surface area (Å²) >= 11 is 0. The third-order valence-electron chi connectivity index (χ3n) is 2.87. The highest BCUT2D eigenvalue weighted by Crippen LogP contribution is 2.12. The van der Waals surface area contributed by atoms with Gasteiger partial charge in [0, 0.05) is 25.2 Å². The average molecular weight is 302 g/mol. The summed E-state index contributed by atoms with van der Waals surface area (Å²) in [4.78, 5) is 16.1. The molecule has 0 saturated heterocycles. The molecule has 5 nitrogen and oxygen atoms in total. The molecule has 0 radical (unpaired) electrons. The van der Waals surface area contributed by atoms with Crippen LogP contribution in [0.25, 0.3) is 0 Å². The van der Waals surface area contributed by atoms with Crippen LogP contribution in [0.5, 0.6) is 0 Å². The molecule has 120 valence electrons. The van der Waals surface area contributed by atoms with Crippen LogP contribution >= 0.6 is 0 Å². The van der Waals surface area contributed by atoms with E-state index in [-0.39, 0.29) is 5.91 Å². The zero-order chi connectivity index (χ0) is 16.2. The highest BCUT2D eigenvalue weighted by Gasteiger charge is 2.02. The van der Waals surface area contributed by atoms with Gasteiger partial charge in [-0.05, 0) is 31.0 Å². The van der Waals surface area contributed by atoms with Crippen molar-refractivity contribution in [2.45, 2.75) is 33.2 Å². The van der Waals surface area contributed by atoms with Crippen molar-refractivity contribution in [3.63, 3.8) is 0 Å². The second-order valence-corrected chi connectivity index (χ2v) is 4.86. The first-order valence-corrected chi connectivity index (χ1v) is 7.71. The molecule has 0 aliphatic heterocycles. The Morgan fingerprint density at radius 2 is 2.14 bits per heavy atom. The summed E-state index contributed by atoms with van der Waals surface area (Å²) < 4.78 is 0. The van der Waals surface area contributed by atoms with Crippen LogP contribution in [-0.4, -0.2) is 25.0 Å². The summed E-state index contributed by atoms with van der Waals surface area (Å²) in [6.07, 6.45) is 3.17. The molecule has 0 aromatic heterocycles. The van der Waals surface area contributed by atoms with E-state index in [4.69, 9.17) is 0 Å². The number of nitrogens with one attached hydrogen (secondary N) is 3. The summed E-state index contributed by atoms with van der Waals surface area (Å²) in [6, 6.07) is 7.77. The number of nitrogens with zero attached hydrogens (tertiary/aromatic N) is 1. The third kappa shape index (κ3) is 6.92. The number of aliphatic imine (C=N–C) groups is 1. The fourth-order valence-electron chi connectivity index (χ4n) is 1.88. The molecular formula is C17H26N4O. The van der Waals surface area contributed by atoms with E-state index < -0.39 is 0 Å². The van der Waals surface area contributed by atoms with Crippen molar-refractivity contribution < 1.29 is 4.79 Å². The summed E-state index contributed by atoms with van der Waals surface area (Å²) in [6.45, 7) is 9.70. The van der Waals surface area contributed by atoms with E-state index in [1.807, 2.05) is 38.1 Å². The van der Waals surface area contributed by atoms with E-state index in [1.54, 1.807) is 6.08 Å². The number of hydrogen-bond donors (Lipinski definition) is 3. The molecule has 0 heterocycles. The van der Waals surface area contributed by atoms with Crippen LogP contribution in [0.15, 0.2) is 41.9 Å². The number of anilines is 1. The van der Waals surface area contributed by atoms with Gasteiger partial charge in [0.15, 0.2) is 5.96 Å². The fraction of sp³-hybridized carbons (Fsp3) is 0.412. The van der Waals surface area contributed by atoms with Crippen molar-refractivity contribution in [2.24, 2.45) is 4.99 Å². The first kappa shape index (κ1) is 17.8. The molecule has 1 aromatic rings. The van der Waals surface area contributed by atoms with Gasteiger partial charge in [0.05, 0.1) is 6.54 Å². The number of amides is 1. The monoisotopic (exact) mass is 302 g/mol. The van der Waals surface area contributed by atoms with Crippen molar-refractivity contribution in [3.8, 4) is 0 Å². The van der Waals surface area contributed by atoms with E-state index in [0.717, 1.165) is 30.2 Å². The Morgan fingerprint density at radius 1 is 1.32 bits per heavy atom. The predicted octanol–water partition coefficient (Wildman–Crippen LogP) is 2.67. The first-order valence-electron chi connectivity index (χ1n) is 7.71. The number of benzene rings is 1. The van der Waals surface area contributed by atoms with Crippen molar-refractivity contribution in [1.82, 2.24) is 10.6 Å². The normalized spacial score (nSPS) is 10.9. The Kier molecular flexibility index (Phi) is 8.42. The molecular weight excluding hydrogens is 276 g/mol. The van der Waals surface area contributed by atoms with Crippen molar-refractivity contribution in [2.75, 3.05) is 18.4 Å². The Bertz CT molecular complexity index is 511. The zero-order valence-electron chi connectivity index (χ0n) is 13.5. The Morgan fingerprint density at radius 3 is 2.82 bits per heavy atom. The van der Waals surface area contributed by atoms with E-state index in [9.17, 15) is 4.79 Å². The highest BCUT2D eigenvalue weighted by molar-refractivity contribution is 5.90. The van der Waals surface area contributed by atoms with Crippen LogP contribution in [-0.2, 0) is 11.3 Å². The van der Waals surface area contributed by atoms with Gasteiger partial charge in [0.2, 0.25) is 5.91 Å². The summed E-state index contributed by atoms with van der Waals surface area (Å²) in [5.41, 5.74) is 1.86. The second kappa shape index (κ2) is 10.4. The molecule has 0 spiro atoms. The molecule has 0 bridgehead atoms. The van der Waals surface area contributed by atoms with Gasteiger partial charge in [-0.25, -0.2) is 4.99 Å². The van der Waals surface area contributed by atoms with E-state index in [0.29, 0.717) is 19.5 Å². The Hall–Kier alpha value is -2.30. The average Bonchev–Trinajstić information content (AvgIpc) is 2.50. The molecule has 0 aliphatic carbocycles. The summed E-state index contributed by atoms with van der Waals surface area (Å²) in [5.74, 6) is 0.798. The number of guanidine groups is 1. The van der Waals surface area contributed by atoms with E-state index in [2.05, 4.69) is 27.5 Å². The predicted molar refractivity (Wildman–Crippen MR) is 93.0 cm³/mol. The topological polar surface area (TPSA) is 65.5 Å². The van der Waals surface area contributed by atoms with Gasteiger partial charge >= 0.3 is 0 Å². The van der Waals surface area contributed by atoms with Gasteiger partial charge in [-0.1, -0.05) is 25.1 Å². The molecule has 1 rings (SSSR count). The minimum Gasteiger partial charge on any atom is -0.357 e. The lowest BCUT2D eigenvalue weighted by Crippen LogP contribution is -2.37. The van der Waals surface area contributed by atoms with Gasteiger partial charge in [-0.3, -0.25) is 4.79 Å². The molecule has 22 heavy (non-hydrogen) atoms. The third-order valence-corrected chi connectivity index (χ3v) is 2.87. The molecule has 0 fully saturated rings.